The van der Waals surface area contributed by atoms with Gasteiger partial charge in [0, 0.05) is 31.6 Å². The van der Waals surface area contributed by atoms with Gasteiger partial charge < -0.3 is 5.32 Å². The quantitative estimate of drug-likeness (QED) is 0.890. The molecule has 1 N–H and O–H groups in total. The molecule has 4 nitrogen and oxygen atoms in total. The minimum absolute atomic E-state index is 0.0623. The van der Waals surface area contributed by atoms with E-state index in [0.717, 1.165) is 18.7 Å². The number of hydrogen-bond acceptors (Lipinski definition) is 3. The monoisotopic (exact) mass is 247 g/mol. The highest BCUT2D eigenvalue weighted by Gasteiger charge is 2.34. The van der Waals surface area contributed by atoms with Crippen molar-refractivity contribution in [2.75, 3.05) is 11.9 Å². The lowest BCUT2D eigenvalue weighted by molar-refractivity contribution is -0.146. The van der Waals surface area contributed by atoms with E-state index in [-0.39, 0.29) is 12.1 Å². The molecule has 98 valence electrons. The Bertz CT molecular complexity index is 405. The largest absolute Gasteiger partial charge is 0.364 e. The van der Waals surface area contributed by atoms with Crippen molar-refractivity contribution in [3.63, 3.8) is 0 Å². The molecule has 1 aromatic rings. The summed E-state index contributed by atoms with van der Waals surface area (Å²) >= 11 is 0. The van der Waals surface area contributed by atoms with Crippen LogP contribution in [-0.4, -0.2) is 34.7 Å². The SMILES string of the molecule is CC(=O)N1[C@@H](Nc2ccccc2)CCN1C(C)C. The fourth-order valence-corrected chi connectivity index (χ4v) is 2.43. The average molecular weight is 247 g/mol. The van der Waals surface area contributed by atoms with Crippen molar-refractivity contribution in [1.82, 2.24) is 10.0 Å². The van der Waals surface area contributed by atoms with Gasteiger partial charge in [0.1, 0.15) is 6.17 Å². The van der Waals surface area contributed by atoms with Crippen LogP contribution in [0.3, 0.4) is 0 Å². The standard InChI is InChI=1S/C14H21N3O/c1-11(2)16-10-9-14(17(16)12(3)18)15-13-7-5-4-6-8-13/h4-8,11,14-15H,9-10H2,1-3H3/t14-/m1/s1. The van der Waals surface area contributed by atoms with Crippen LogP contribution in [0.15, 0.2) is 30.3 Å². The van der Waals surface area contributed by atoms with E-state index in [1.54, 1.807) is 6.92 Å². The van der Waals surface area contributed by atoms with Gasteiger partial charge in [0.25, 0.3) is 0 Å². The Hall–Kier alpha value is -1.55. The maximum absolute atomic E-state index is 11.8. The zero-order chi connectivity index (χ0) is 13.1. The summed E-state index contributed by atoms with van der Waals surface area (Å²) in [6.45, 7) is 6.77. The molecule has 0 radical (unpaired) electrons. The molecule has 18 heavy (non-hydrogen) atoms. The molecule has 1 fully saturated rings. The number of benzene rings is 1. The van der Waals surface area contributed by atoms with Crippen LogP contribution in [0, 0.1) is 0 Å². The summed E-state index contributed by atoms with van der Waals surface area (Å²) in [7, 11) is 0. The fraction of sp³-hybridized carbons (Fsp3) is 0.500. The Labute approximate surface area is 109 Å². The van der Waals surface area contributed by atoms with Gasteiger partial charge in [-0.1, -0.05) is 18.2 Å². The number of hydrazine groups is 1. The highest BCUT2D eigenvalue weighted by atomic mass is 16.2. The zero-order valence-electron chi connectivity index (χ0n) is 11.3. The summed E-state index contributed by atoms with van der Waals surface area (Å²) in [6.07, 6.45) is 1.01. The van der Waals surface area contributed by atoms with Crippen LogP contribution in [0.4, 0.5) is 5.69 Å². The minimum atomic E-state index is 0.0623. The molecule has 1 saturated heterocycles. The normalized spacial score (nSPS) is 20.4. The summed E-state index contributed by atoms with van der Waals surface area (Å²) < 4.78 is 0. The van der Waals surface area contributed by atoms with Gasteiger partial charge in [0.05, 0.1) is 0 Å². The molecule has 0 unspecified atom stereocenters. The summed E-state index contributed by atoms with van der Waals surface area (Å²) in [5, 5.41) is 7.39. The summed E-state index contributed by atoms with van der Waals surface area (Å²) in [4.78, 5) is 11.8. The van der Waals surface area contributed by atoms with E-state index in [1.165, 1.54) is 0 Å². The average Bonchev–Trinajstić information content (AvgIpc) is 2.74. The molecular formula is C14H21N3O. The first kappa shape index (κ1) is 12.9. The summed E-state index contributed by atoms with van der Waals surface area (Å²) in [5.41, 5.74) is 1.05. The molecule has 2 rings (SSSR count). The molecule has 1 heterocycles. The van der Waals surface area contributed by atoms with E-state index >= 15 is 0 Å². The van der Waals surface area contributed by atoms with Crippen molar-refractivity contribution in [3.05, 3.63) is 30.3 Å². The Balaban J connectivity index is 2.11. The molecule has 1 aliphatic heterocycles. The summed E-state index contributed by atoms with van der Waals surface area (Å²) in [6, 6.07) is 10.4. The van der Waals surface area contributed by atoms with Gasteiger partial charge in [-0.3, -0.25) is 9.80 Å². The first-order valence-electron chi connectivity index (χ1n) is 6.47. The lowest BCUT2D eigenvalue weighted by Gasteiger charge is -2.34. The second kappa shape index (κ2) is 5.40. The molecule has 0 spiro atoms. The molecule has 1 aromatic carbocycles. The maximum Gasteiger partial charge on any atom is 0.235 e. The maximum atomic E-state index is 11.8. The van der Waals surface area contributed by atoms with Crippen LogP contribution in [0.1, 0.15) is 27.2 Å². The molecule has 0 aromatic heterocycles. The molecule has 0 saturated carbocycles. The molecule has 0 aliphatic carbocycles. The number of amides is 1. The molecular weight excluding hydrogens is 226 g/mol. The Morgan fingerprint density at radius 2 is 2.00 bits per heavy atom. The minimum Gasteiger partial charge on any atom is -0.364 e. The van der Waals surface area contributed by atoms with E-state index in [1.807, 2.05) is 35.3 Å². The lowest BCUT2D eigenvalue weighted by atomic mass is 10.3. The zero-order valence-corrected chi connectivity index (χ0v) is 11.3. The van der Waals surface area contributed by atoms with E-state index in [0.29, 0.717) is 6.04 Å². The van der Waals surface area contributed by atoms with Crippen molar-refractivity contribution in [1.29, 1.82) is 0 Å². The van der Waals surface area contributed by atoms with E-state index < -0.39 is 0 Å². The smallest absolute Gasteiger partial charge is 0.235 e. The van der Waals surface area contributed by atoms with E-state index in [2.05, 4.69) is 24.2 Å². The van der Waals surface area contributed by atoms with Gasteiger partial charge in [-0.25, -0.2) is 5.01 Å². The Morgan fingerprint density at radius 3 is 2.56 bits per heavy atom. The molecule has 1 amide bonds. The highest BCUT2D eigenvalue weighted by Crippen LogP contribution is 2.22. The fourth-order valence-electron chi connectivity index (χ4n) is 2.43. The van der Waals surface area contributed by atoms with Crippen molar-refractivity contribution < 1.29 is 4.79 Å². The third kappa shape index (κ3) is 2.64. The number of carbonyl (C=O) groups excluding carboxylic acids is 1. The van der Waals surface area contributed by atoms with Gasteiger partial charge in [0.15, 0.2) is 0 Å². The Kier molecular flexibility index (Phi) is 3.87. The van der Waals surface area contributed by atoms with Gasteiger partial charge >= 0.3 is 0 Å². The van der Waals surface area contributed by atoms with Crippen LogP contribution in [-0.2, 0) is 4.79 Å². The van der Waals surface area contributed by atoms with E-state index in [4.69, 9.17) is 0 Å². The first-order valence-corrected chi connectivity index (χ1v) is 6.47. The number of nitrogens with zero attached hydrogens (tertiary/aromatic N) is 2. The van der Waals surface area contributed by atoms with Crippen molar-refractivity contribution in [2.45, 2.75) is 39.4 Å². The van der Waals surface area contributed by atoms with Gasteiger partial charge in [0.2, 0.25) is 5.91 Å². The number of para-hydroxylation sites is 1. The van der Waals surface area contributed by atoms with Crippen LogP contribution in [0.5, 0.6) is 0 Å². The topological polar surface area (TPSA) is 35.6 Å². The molecule has 1 atom stereocenters. The van der Waals surface area contributed by atoms with E-state index in [9.17, 15) is 4.79 Å². The van der Waals surface area contributed by atoms with Crippen LogP contribution >= 0.6 is 0 Å². The molecule has 1 aliphatic rings. The number of carbonyl (C=O) groups is 1. The summed E-state index contributed by atoms with van der Waals surface area (Å²) in [5.74, 6) is 0.0923. The van der Waals surface area contributed by atoms with Gasteiger partial charge in [-0.15, -0.1) is 0 Å². The highest BCUT2D eigenvalue weighted by molar-refractivity contribution is 5.73. The van der Waals surface area contributed by atoms with Gasteiger partial charge in [-0.2, -0.15) is 0 Å². The van der Waals surface area contributed by atoms with Crippen LogP contribution in [0.2, 0.25) is 0 Å². The van der Waals surface area contributed by atoms with Crippen LogP contribution in [0.25, 0.3) is 0 Å². The number of anilines is 1. The molecule has 4 heteroatoms. The second-order valence-electron chi connectivity index (χ2n) is 4.94. The third-order valence-electron chi connectivity index (χ3n) is 3.23. The number of rotatable bonds is 3. The third-order valence-corrected chi connectivity index (χ3v) is 3.23. The predicted molar refractivity (Wildman–Crippen MR) is 72.8 cm³/mol. The Morgan fingerprint density at radius 1 is 1.33 bits per heavy atom. The van der Waals surface area contributed by atoms with Crippen LogP contribution < -0.4 is 5.32 Å². The predicted octanol–water partition coefficient (Wildman–Crippen LogP) is 2.30. The second-order valence-corrected chi connectivity index (χ2v) is 4.94. The van der Waals surface area contributed by atoms with Crippen molar-refractivity contribution in [3.8, 4) is 0 Å². The number of nitrogens with one attached hydrogen (secondary N) is 1. The number of hydrogen-bond donors (Lipinski definition) is 1. The van der Waals surface area contributed by atoms with Crippen molar-refractivity contribution in [2.24, 2.45) is 0 Å². The van der Waals surface area contributed by atoms with Crippen molar-refractivity contribution >= 4 is 11.6 Å². The molecule has 0 bridgehead atoms. The first-order chi connectivity index (χ1) is 8.59. The van der Waals surface area contributed by atoms with Gasteiger partial charge in [-0.05, 0) is 26.0 Å². The lowest BCUT2D eigenvalue weighted by Crippen LogP contribution is -2.49.